The molecule has 2 aliphatic carbocycles. The number of nitrogens with one attached hydrogen (secondary N) is 4. The van der Waals surface area contributed by atoms with E-state index in [1.165, 1.54) is 79.3 Å². The molecule has 4 aliphatic rings. The highest BCUT2D eigenvalue weighted by molar-refractivity contribution is 7.90. The van der Waals surface area contributed by atoms with E-state index < -0.39 is 32.4 Å². The number of aromatic amines is 1. The number of carbonyl (C=O) groups excluding carboxylic acids is 1. The topological polar surface area (TPSA) is 194 Å². The van der Waals surface area contributed by atoms with Crippen LogP contribution in [0.5, 0.6) is 17.4 Å². The average molecular weight is 978 g/mol. The SMILES string of the molecule is COc1nc2[nH]cc(F)c2cc1Oc1cc(N2CCC3(CC2)CC(N2CCC[C@H]2c2ccccc2C(C)C)C3)ccc1C(=O)NS(=O)(=O)c1cc([NH+](C)[O-])c(NC[C@H]2CC[C@](C)(O)CC2)c2nccn12. The summed E-state index contributed by atoms with van der Waals surface area (Å²) in [6.45, 7) is 9.58. The van der Waals surface area contributed by atoms with Crippen LogP contribution in [-0.4, -0.2) is 95.7 Å². The van der Waals surface area contributed by atoms with Gasteiger partial charge in [-0.2, -0.15) is 13.4 Å². The minimum atomic E-state index is -4.68. The normalized spacial score (nSPS) is 22.4. The fourth-order valence-corrected chi connectivity index (χ4v) is 12.8. The number of methoxy groups -OCH3 is 1. The highest BCUT2D eigenvalue weighted by atomic mass is 32.2. The number of fused-ring (bicyclic) bond motifs is 2. The Labute approximate surface area is 408 Å². The summed E-state index contributed by atoms with van der Waals surface area (Å²) >= 11 is 0. The van der Waals surface area contributed by atoms with E-state index in [0.29, 0.717) is 43.1 Å². The third kappa shape index (κ3) is 9.20. The van der Waals surface area contributed by atoms with Gasteiger partial charge in [-0.05, 0) is 118 Å². The smallest absolute Gasteiger partial charge is 0.280 e. The number of piperidine rings is 1. The molecule has 4 aromatic heterocycles. The molecule has 2 saturated carbocycles. The first-order chi connectivity index (χ1) is 33.5. The maximum atomic E-state index is 14.9. The third-order valence-electron chi connectivity index (χ3n) is 15.7. The summed E-state index contributed by atoms with van der Waals surface area (Å²) in [6, 6.07) is 17.7. The van der Waals surface area contributed by atoms with Gasteiger partial charge >= 0.3 is 0 Å². The number of likely N-dealkylation sites (tertiary alicyclic amines) is 1. The number of nitrogens with zero attached hydrogens (tertiary/aromatic N) is 5. The summed E-state index contributed by atoms with van der Waals surface area (Å²) in [4.78, 5) is 31.0. The van der Waals surface area contributed by atoms with Crippen LogP contribution in [0.2, 0.25) is 0 Å². The quantitative estimate of drug-likeness (QED) is 0.0662. The van der Waals surface area contributed by atoms with E-state index in [1.807, 2.05) is 6.92 Å². The van der Waals surface area contributed by atoms with Crippen LogP contribution in [0.25, 0.3) is 16.7 Å². The van der Waals surface area contributed by atoms with Crippen molar-refractivity contribution in [1.82, 2.24) is 29.0 Å². The standard InChI is InChI=1S/C52H64FN9O7S/c1-32(2)36-9-6-7-10-37(36)41-11-8-21-61(41)35-28-52(29-35)18-22-60(23-19-52)34-12-13-38(43(25-34)69-44-26-39-40(53)31-56-47(39)57-50(44)68-5)49(63)58-70(66,67)45-27-42(59(4)65)46(48-54-20-24-62(45)48)55-30-33-14-16-51(3,64)17-15-33/h6-7,9-10,12-13,20,24-27,31-33,35,41,55,59,64H,8,11,14-19,21-23,28-30H2,1-5H3,(H,56,57)(H,58,63)/t33-,41-,51-/m0/s1. The number of aromatic nitrogens is 4. The van der Waals surface area contributed by atoms with Gasteiger partial charge in [-0.15, -0.1) is 0 Å². The van der Waals surface area contributed by atoms with Crippen LogP contribution in [0.4, 0.5) is 21.5 Å². The molecule has 1 amide bonds. The van der Waals surface area contributed by atoms with Crippen molar-refractivity contribution in [3.05, 3.63) is 101 Å². The molecule has 4 fully saturated rings. The first kappa shape index (κ1) is 47.9. The molecule has 0 bridgehead atoms. The zero-order valence-corrected chi connectivity index (χ0v) is 41.4. The maximum Gasteiger partial charge on any atom is 0.280 e. The Bertz CT molecular complexity index is 3020. The first-order valence-corrected chi connectivity index (χ1v) is 26.2. The minimum Gasteiger partial charge on any atom is -0.629 e. The molecule has 0 radical (unpaired) electrons. The van der Waals surface area contributed by atoms with Gasteiger partial charge in [0.1, 0.15) is 22.9 Å². The highest BCUT2D eigenvalue weighted by Gasteiger charge is 2.50. The number of benzene rings is 2. The molecule has 2 saturated heterocycles. The number of aliphatic hydroxyl groups is 1. The molecule has 10 rings (SSSR count). The van der Waals surface area contributed by atoms with Crippen LogP contribution in [0, 0.1) is 22.4 Å². The lowest BCUT2D eigenvalue weighted by Crippen LogP contribution is -2.98. The molecular formula is C52H64FN9O7S. The molecule has 2 atom stereocenters. The number of hydrogen-bond donors (Lipinski definition) is 5. The fourth-order valence-electron chi connectivity index (χ4n) is 11.7. The second kappa shape index (κ2) is 18.8. The molecule has 2 aromatic carbocycles. The van der Waals surface area contributed by atoms with E-state index in [1.54, 1.807) is 12.1 Å². The van der Waals surface area contributed by atoms with E-state index in [9.17, 15) is 27.9 Å². The van der Waals surface area contributed by atoms with Crippen molar-refractivity contribution in [3.8, 4) is 17.4 Å². The van der Waals surface area contributed by atoms with Crippen molar-refractivity contribution in [2.75, 3.05) is 50.6 Å². The average Bonchev–Trinajstić information content (AvgIpc) is 4.10. The van der Waals surface area contributed by atoms with Crippen molar-refractivity contribution < 1.29 is 37.2 Å². The number of anilines is 2. The molecule has 6 aromatic rings. The molecule has 16 nitrogen and oxygen atoms in total. The van der Waals surface area contributed by atoms with Crippen LogP contribution < -0.4 is 29.5 Å². The monoisotopic (exact) mass is 977 g/mol. The van der Waals surface area contributed by atoms with Crippen LogP contribution in [0.1, 0.15) is 118 Å². The number of ether oxygens (including phenoxy) is 2. The van der Waals surface area contributed by atoms with Gasteiger partial charge in [0.2, 0.25) is 0 Å². The summed E-state index contributed by atoms with van der Waals surface area (Å²) in [6.07, 6.45) is 13.7. The Hall–Kier alpha value is -5.79. The first-order valence-electron chi connectivity index (χ1n) is 24.7. The lowest BCUT2D eigenvalue weighted by molar-refractivity contribution is -0.750. The lowest BCUT2D eigenvalue weighted by Gasteiger charge is -2.56. The molecular weight excluding hydrogens is 914 g/mol. The number of pyridine rings is 2. The van der Waals surface area contributed by atoms with Crippen molar-refractivity contribution in [2.45, 2.75) is 114 Å². The van der Waals surface area contributed by atoms with Gasteiger partial charge in [-0.25, -0.2) is 14.1 Å². The van der Waals surface area contributed by atoms with Crippen LogP contribution in [0.3, 0.4) is 0 Å². The molecule has 1 spiro atoms. The second-order valence-corrected chi connectivity index (χ2v) is 22.4. The summed E-state index contributed by atoms with van der Waals surface area (Å²) in [5, 5.41) is 26.4. The molecule has 5 N–H and O–H groups in total. The number of imidazole rings is 1. The number of rotatable bonds is 14. The zero-order valence-electron chi connectivity index (χ0n) is 40.6. The van der Waals surface area contributed by atoms with E-state index in [4.69, 9.17) is 9.47 Å². The summed E-state index contributed by atoms with van der Waals surface area (Å²) in [7, 11) is -1.93. The van der Waals surface area contributed by atoms with E-state index >= 15 is 0 Å². The Morgan fingerprint density at radius 3 is 2.53 bits per heavy atom. The summed E-state index contributed by atoms with van der Waals surface area (Å²) in [5.74, 6) is -0.803. The highest BCUT2D eigenvalue weighted by Crippen LogP contribution is 2.54. The van der Waals surface area contributed by atoms with Crippen LogP contribution >= 0.6 is 0 Å². The molecule has 372 valence electrons. The number of sulfonamides is 1. The van der Waals surface area contributed by atoms with E-state index in [2.05, 4.69) is 72.9 Å². The van der Waals surface area contributed by atoms with Crippen molar-refractivity contribution in [3.63, 3.8) is 0 Å². The van der Waals surface area contributed by atoms with Gasteiger partial charge in [-0.3, -0.25) is 14.1 Å². The van der Waals surface area contributed by atoms with Crippen molar-refractivity contribution in [2.24, 2.45) is 11.3 Å². The lowest BCUT2D eigenvalue weighted by atomic mass is 9.59. The van der Waals surface area contributed by atoms with Crippen molar-refractivity contribution in [1.29, 1.82) is 0 Å². The van der Waals surface area contributed by atoms with Crippen LogP contribution in [-0.2, 0) is 10.0 Å². The number of halogens is 1. The largest absolute Gasteiger partial charge is 0.629 e. The Morgan fingerprint density at radius 2 is 1.80 bits per heavy atom. The second-order valence-electron chi connectivity index (χ2n) is 20.7. The van der Waals surface area contributed by atoms with Gasteiger partial charge in [-0.1, -0.05) is 38.1 Å². The molecule has 70 heavy (non-hydrogen) atoms. The predicted molar refractivity (Wildman–Crippen MR) is 266 cm³/mol. The van der Waals surface area contributed by atoms with Gasteiger partial charge in [0.15, 0.2) is 22.1 Å². The number of hydroxylamine groups is 1. The summed E-state index contributed by atoms with van der Waals surface area (Å²) in [5.41, 5.74) is 4.06. The fraction of sp³-hybridized carbons (Fsp3) is 0.481. The van der Waals surface area contributed by atoms with Gasteiger partial charge in [0, 0.05) is 74.2 Å². The van der Waals surface area contributed by atoms with Gasteiger partial charge in [0.25, 0.3) is 21.8 Å². The molecule has 2 aliphatic heterocycles. The summed E-state index contributed by atoms with van der Waals surface area (Å²) < 4.78 is 59.2. The predicted octanol–water partition coefficient (Wildman–Crippen LogP) is 7.98. The van der Waals surface area contributed by atoms with E-state index in [-0.39, 0.29) is 61.7 Å². The number of carbonyl (C=O) groups is 1. The Balaban J connectivity index is 0.898. The molecule has 6 heterocycles. The van der Waals surface area contributed by atoms with E-state index in [0.717, 1.165) is 63.8 Å². The zero-order chi connectivity index (χ0) is 49.1. The third-order valence-corrected chi connectivity index (χ3v) is 17.0. The Morgan fingerprint density at radius 1 is 1.04 bits per heavy atom. The maximum absolute atomic E-state index is 14.9. The Kier molecular flexibility index (Phi) is 12.8. The number of amides is 1. The van der Waals surface area contributed by atoms with Crippen LogP contribution in [0.15, 0.2) is 78.2 Å². The number of hydrogen-bond acceptors (Lipinski definition) is 12. The number of quaternary nitrogens is 1. The van der Waals surface area contributed by atoms with Gasteiger partial charge in [0.05, 0.1) is 30.7 Å². The molecule has 18 heteroatoms. The van der Waals surface area contributed by atoms with Crippen molar-refractivity contribution >= 4 is 49.7 Å². The molecule has 1 unspecified atom stereocenters. The van der Waals surface area contributed by atoms with Gasteiger partial charge < -0.3 is 40.1 Å². The number of H-pyrrole nitrogens is 1. The minimum absolute atomic E-state index is 0.00678.